The van der Waals surface area contributed by atoms with Crippen LogP contribution in [0.3, 0.4) is 0 Å². The molecule has 27 heavy (non-hydrogen) atoms. The Bertz CT molecular complexity index is 1130. The summed E-state index contributed by atoms with van der Waals surface area (Å²) in [5.74, 6) is 8.57. The quantitative estimate of drug-likeness (QED) is 0.298. The predicted molar refractivity (Wildman–Crippen MR) is 120 cm³/mol. The molecular weight excluding hydrogens is 389 g/mol. The fraction of sp³-hybridized carbons (Fsp3) is 0.250. The van der Waals surface area contributed by atoms with Crippen molar-refractivity contribution < 1.29 is 0 Å². The van der Waals surface area contributed by atoms with E-state index in [9.17, 15) is 0 Å². The number of aromatic nitrogens is 2. The zero-order valence-corrected chi connectivity index (χ0v) is 18.8. The summed E-state index contributed by atoms with van der Waals surface area (Å²) in [6.45, 7) is 4.34. The minimum absolute atomic E-state index is 0.287. The Kier molecular flexibility index (Phi) is 4.55. The molecule has 0 N–H and O–H groups in total. The number of hydrogen-bond donors (Lipinski definition) is 0. The topological polar surface area (TPSA) is 25.8 Å². The summed E-state index contributed by atoms with van der Waals surface area (Å²) >= 11 is -2.06. The van der Waals surface area contributed by atoms with Gasteiger partial charge >= 0.3 is 164 Å². The zero-order valence-electron chi connectivity index (χ0n) is 16.7. The molecule has 0 unspecified atom stereocenters. The van der Waals surface area contributed by atoms with Crippen LogP contribution >= 0.6 is 0 Å². The Morgan fingerprint density at radius 2 is 1.52 bits per heavy atom. The van der Waals surface area contributed by atoms with Gasteiger partial charge in [-0.2, -0.15) is 0 Å². The van der Waals surface area contributed by atoms with E-state index in [0.29, 0.717) is 0 Å². The van der Waals surface area contributed by atoms with Crippen LogP contribution in [0.1, 0.15) is 25.6 Å². The monoisotopic (exact) mass is 416 g/mol. The number of fused-ring (bicyclic) bond motifs is 3. The van der Waals surface area contributed by atoms with E-state index in [2.05, 4.69) is 91.8 Å². The van der Waals surface area contributed by atoms with Crippen molar-refractivity contribution in [2.75, 3.05) is 0 Å². The third-order valence-electron chi connectivity index (χ3n) is 5.10. The van der Waals surface area contributed by atoms with Crippen LogP contribution < -0.4 is 4.40 Å². The van der Waals surface area contributed by atoms with Gasteiger partial charge in [0.15, 0.2) is 0 Å². The van der Waals surface area contributed by atoms with Gasteiger partial charge in [-0.1, -0.05) is 0 Å². The third kappa shape index (κ3) is 3.27. The summed E-state index contributed by atoms with van der Waals surface area (Å²) in [5.41, 5.74) is 3.31. The first-order valence-electron chi connectivity index (χ1n) is 9.65. The van der Waals surface area contributed by atoms with Gasteiger partial charge in [-0.3, -0.25) is 0 Å². The van der Waals surface area contributed by atoms with Crippen LogP contribution in [0, 0.1) is 0 Å². The summed E-state index contributed by atoms with van der Waals surface area (Å²) in [4.78, 5) is 10.1. The maximum absolute atomic E-state index is 5.08. The Hall–Kier alpha value is -2.20. The van der Waals surface area contributed by atoms with Crippen molar-refractivity contribution in [1.82, 2.24) is 9.97 Å². The van der Waals surface area contributed by atoms with Gasteiger partial charge < -0.3 is 0 Å². The number of rotatable bonds is 3. The molecule has 0 aliphatic heterocycles. The fourth-order valence-corrected chi connectivity index (χ4v) is 7.06. The summed E-state index contributed by atoms with van der Waals surface area (Å²) < 4.78 is 1.52. The average Bonchev–Trinajstić information content (AvgIpc) is 2.66. The van der Waals surface area contributed by atoms with E-state index in [4.69, 9.17) is 9.97 Å². The maximum atomic E-state index is 5.08. The van der Waals surface area contributed by atoms with Gasteiger partial charge in [-0.15, -0.1) is 0 Å². The van der Waals surface area contributed by atoms with Crippen molar-refractivity contribution in [2.45, 2.75) is 37.0 Å². The summed E-state index contributed by atoms with van der Waals surface area (Å²) in [6, 6.07) is 21.7. The molecule has 0 aliphatic rings. The first kappa shape index (κ1) is 18.2. The normalized spacial score (nSPS) is 12.2. The molecule has 0 atom stereocenters. The van der Waals surface area contributed by atoms with E-state index in [1.165, 1.54) is 15.2 Å². The SMILES string of the molecule is CC(C)c1nc(-c2ccccc2)c2ccc3ccc[c]([Ge]([CH3])([CH3])[CH3])c3c2n1. The van der Waals surface area contributed by atoms with Gasteiger partial charge in [0, 0.05) is 0 Å². The van der Waals surface area contributed by atoms with Crippen molar-refractivity contribution in [3.63, 3.8) is 0 Å². The second-order valence-corrected chi connectivity index (χ2v) is 19.1. The fourth-order valence-electron chi connectivity index (χ4n) is 3.68. The number of benzene rings is 3. The molecule has 0 saturated carbocycles. The molecule has 3 aromatic carbocycles. The molecule has 0 radical (unpaired) electrons. The molecule has 0 bridgehead atoms. The molecule has 4 rings (SSSR count). The molecule has 0 fully saturated rings. The van der Waals surface area contributed by atoms with Gasteiger partial charge in [-0.25, -0.2) is 0 Å². The van der Waals surface area contributed by atoms with Crippen molar-refractivity contribution in [2.24, 2.45) is 0 Å². The van der Waals surface area contributed by atoms with Crippen molar-refractivity contribution in [1.29, 1.82) is 0 Å². The van der Waals surface area contributed by atoms with Crippen LogP contribution in [-0.4, -0.2) is 23.2 Å². The summed E-state index contributed by atoms with van der Waals surface area (Å²) in [5, 5.41) is 3.77. The van der Waals surface area contributed by atoms with E-state index < -0.39 is 13.3 Å². The standard InChI is InChI=1S/C24H26GeN2/c1-16(2)24-26-22(18-10-7-6-8-11-18)19-15-14-17-12-9-13-20(25(3,4)5)21(17)23(19)27-24/h6-16H,1-5H3. The van der Waals surface area contributed by atoms with E-state index >= 15 is 0 Å². The molecule has 1 aromatic heterocycles. The first-order valence-corrected chi connectivity index (χ1v) is 17.0. The predicted octanol–water partition coefficient (Wildman–Crippen LogP) is 6.12. The van der Waals surface area contributed by atoms with Crippen molar-refractivity contribution in [3.05, 3.63) is 66.5 Å². The van der Waals surface area contributed by atoms with Crippen LogP contribution in [0.15, 0.2) is 60.7 Å². The van der Waals surface area contributed by atoms with Gasteiger partial charge in [0.1, 0.15) is 0 Å². The molecule has 0 spiro atoms. The van der Waals surface area contributed by atoms with Crippen molar-refractivity contribution >= 4 is 39.3 Å². The second kappa shape index (κ2) is 6.76. The van der Waals surface area contributed by atoms with Gasteiger partial charge in [0.2, 0.25) is 0 Å². The molecular formula is C24H26GeN2. The van der Waals surface area contributed by atoms with Gasteiger partial charge in [0.05, 0.1) is 0 Å². The van der Waals surface area contributed by atoms with Crippen LogP contribution in [0.4, 0.5) is 0 Å². The summed E-state index contributed by atoms with van der Waals surface area (Å²) in [7, 11) is 0. The molecule has 3 heteroatoms. The Labute approximate surface area is 164 Å². The molecule has 0 amide bonds. The van der Waals surface area contributed by atoms with E-state index in [1.807, 2.05) is 0 Å². The first-order chi connectivity index (χ1) is 12.9. The van der Waals surface area contributed by atoms with Crippen LogP contribution in [-0.2, 0) is 0 Å². The molecule has 1 heterocycles. The minimum atomic E-state index is -2.06. The van der Waals surface area contributed by atoms with Gasteiger partial charge in [0.25, 0.3) is 0 Å². The number of nitrogens with zero attached hydrogens (tertiary/aromatic N) is 2. The van der Waals surface area contributed by atoms with E-state index in [1.54, 1.807) is 0 Å². The Morgan fingerprint density at radius 1 is 0.778 bits per heavy atom. The third-order valence-corrected chi connectivity index (χ3v) is 9.36. The Morgan fingerprint density at radius 3 is 2.19 bits per heavy atom. The van der Waals surface area contributed by atoms with Crippen LogP contribution in [0.2, 0.25) is 17.3 Å². The van der Waals surface area contributed by atoms with E-state index in [0.717, 1.165) is 28.0 Å². The van der Waals surface area contributed by atoms with Crippen LogP contribution in [0.5, 0.6) is 0 Å². The van der Waals surface area contributed by atoms with Crippen LogP contribution in [0.25, 0.3) is 32.9 Å². The second-order valence-electron chi connectivity index (χ2n) is 8.57. The van der Waals surface area contributed by atoms with Gasteiger partial charge in [-0.05, 0) is 0 Å². The Balaban J connectivity index is 2.19. The van der Waals surface area contributed by atoms with Crippen molar-refractivity contribution in [3.8, 4) is 11.3 Å². The molecule has 4 aromatic rings. The number of hydrogen-bond acceptors (Lipinski definition) is 2. The molecule has 0 aliphatic carbocycles. The molecule has 2 nitrogen and oxygen atoms in total. The average molecular weight is 415 g/mol. The molecule has 136 valence electrons. The van der Waals surface area contributed by atoms with E-state index in [-0.39, 0.29) is 5.92 Å². The summed E-state index contributed by atoms with van der Waals surface area (Å²) in [6.07, 6.45) is 0. The zero-order chi connectivity index (χ0) is 19.2. The molecule has 0 saturated heterocycles.